The van der Waals surface area contributed by atoms with E-state index in [9.17, 15) is 4.79 Å². The lowest BCUT2D eigenvalue weighted by Gasteiger charge is -2.30. The molecule has 0 aromatic carbocycles. The van der Waals surface area contributed by atoms with Crippen LogP contribution in [0, 0.1) is 5.92 Å². The zero-order chi connectivity index (χ0) is 10.4. The average molecular weight is 235 g/mol. The topological polar surface area (TPSA) is 55.6 Å². The summed E-state index contributed by atoms with van der Waals surface area (Å²) in [5, 5.41) is 0. The van der Waals surface area contributed by atoms with Gasteiger partial charge in [-0.05, 0) is 25.3 Å². The smallest absolute Gasteiger partial charge is 0.410 e. The van der Waals surface area contributed by atoms with Gasteiger partial charge in [0.05, 0.1) is 0 Å². The minimum absolute atomic E-state index is 0. The lowest BCUT2D eigenvalue weighted by Crippen LogP contribution is -2.40. The number of hydrogen-bond acceptors (Lipinski definition) is 3. The fraction of sp³-hybridized carbons (Fsp3) is 0.700. The third-order valence-electron chi connectivity index (χ3n) is 2.53. The fourth-order valence-electron chi connectivity index (χ4n) is 1.57. The number of nitrogens with zero attached hydrogens (tertiary/aromatic N) is 1. The molecule has 0 radical (unpaired) electrons. The molecule has 2 N–H and O–H groups in total. The summed E-state index contributed by atoms with van der Waals surface area (Å²) in [7, 11) is 0. The molecule has 1 heterocycles. The van der Waals surface area contributed by atoms with Crippen molar-refractivity contribution in [2.75, 3.05) is 26.2 Å². The molecule has 1 rings (SSSR count). The van der Waals surface area contributed by atoms with Crippen LogP contribution in [0.5, 0.6) is 0 Å². The minimum Gasteiger partial charge on any atom is -0.445 e. The highest BCUT2D eigenvalue weighted by atomic mass is 35.5. The van der Waals surface area contributed by atoms with Gasteiger partial charge in [-0.1, -0.05) is 12.7 Å². The first-order valence-electron chi connectivity index (χ1n) is 5.00. The Hall–Kier alpha value is -0.740. The largest absolute Gasteiger partial charge is 0.445 e. The van der Waals surface area contributed by atoms with E-state index in [1.54, 1.807) is 11.0 Å². The Morgan fingerprint density at radius 3 is 2.60 bits per heavy atom. The number of likely N-dealkylation sites (tertiary alicyclic amines) is 1. The number of hydrogen-bond donors (Lipinski definition) is 1. The summed E-state index contributed by atoms with van der Waals surface area (Å²) in [6, 6.07) is 0. The van der Waals surface area contributed by atoms with E-state index in [2.05, 4.69) is 6.58 Å². The van der Waals surface area contributed by atoms with Crippen molar-refractivity contribution in [3.05, 3.63) is 12.7 Å². The predicted octanol–water partition coefficient (Wildman–Crippen LogP) is 1.40. The molecule has 0 aromatic heterocycles. The summed E-state index contributed by atoms with van der Waals surface area (Å²) in [6.07, 6.45) is 3.31. The summed E-state index contributed by atoms with van der Waals surface area (Å²) in [4.78, 5) is 13.1. The van der Waals surface area contributed by atoms with E-state index in [0.29, 0.717) is 5.92 Å². The van der Waals surface area contributed by atoms with Crippen LogP contribution in [0.2, 0.25) is 0 Å². The average Bonchev–Trinajstić information content (AvgIpc) is 2.26. The number of piperidine rings is 1. The Kier molecular flexibility index (Phi) is 7.17. The highest BCUT2D eigenvalue weighted by molar-refractivity contribution is 5.85. The second-order valence-corrected chi connectivity index (χ2v) is 3.53. The quantitative estimate of drug-likeness (QED) is 0.752. The van der Waals surface area contributed by atoms with Gasteiger partial charge in [-0.2, -0.15) is 0 Å². The molecule has 1 aliphatic heterocycles. The third-order valence-corrected chi connectivity index (χ3v) is 2.53. The first-order valence-corrected chi connectivity index (χ1v) is 5.00. The maximum atomic E-state index is 11.4. The molecule has 1 saturated heterocycles. The Morgan fingerprint density at radius 1 is 1.53 bits per heavy atom. The second kappa shape index (κ2) is 7.54. The van der Waals surface area contributed by atoms with Crippen LogP contribution in [-0.4, -0.2) is 37.2 Å². The number of carbonyl (C=O) groups is 1. The summed E-state index contributed by atoms with van der Waals surface area (Å²) in [5.74, 6) is 0.568. The van der Waals surface area contributed by atoms with Gasteiger partial charge in [-0.25, -0.2) is 4.79 Å². The van der Waals surface area contributed by atoms with Crippen molar-refractivity contribution < 1.29 is 9.53 Å². The molecule has 1 amide bonds. The molecule has 15 heavy (non-hydrogen) atoms. The van der Waals surface area contributed by atoms with E-state index in [1.165, 1.54) is 0 Å². The highest BCUT2D eigenvalue weighted by Gasteiger charge is 2.22. The molecular formula is C10H19ClN2O2. The van der Waals surface area contributed by atoms with Crippen LogP contribution in [-0.2, 0) is 4.74 Å². The first-order chi connectivity index (χ1) is 6.77. The van der Waals surface area contributed by atoms with Crippen molar-refractivity contribution in [3.63, 3.8) is 0 Å². The molecule has 1 aliphatic rings. The predicted molar refractivity (Wildman–Crippen MR) is 62.1 cm³/mol. The van der Waals surface area contributed by atoms with E-state index in [1.807, 2.05) is 0 Å². The lowest BCUT2D eigenvalue weighted by atomic mass is 9.97. The molecule has 0 aromatic rings. The van der Waals surface area contributed by atoms with Gasteiger partial charge < -0.3 is 15.4 Å². The molecule has 1 fully saturated rings. The Balaban J connectivity index is 0.00000196. The van der Waals surface area contributed by atoms with Crippen LogP contribution in [0.15, 0.2) is 12.7 Å². The Labute approximate surface area is 96.9 Å². The molecule has 0 unspecified atom stereocenters. The number of rotatable bonds is 3. The molecule has 5 heteroatoms. The molecule has 4 nitrogen and oxygen atoms in total. The van der Waals surface area contributed by atoms with Crippen molar-refractivity contribution >= 4 is 18.5 Å². The van der Waals surface area contributed by atoms with Gasteiger partial charge in [0, 0.05) is 13.1 Å². The van der Waals surface area contributed by atoms with Gasteiger partial charge >= 0.3 is 6.09 Å². The monoisotopic (exact) mass is 234 g/mol. The Morgan fingerprint density at radius 2 is 2.13 bits per heavy atom. The van der Waals surface area contributed by atoms with Crippen molar-refractivity contribution in [2.45, 2.75) is 12.8 Å². The van der Waals surface area contributed by atoms with Crippen LogP contribution in [0.4, 0.5) is 4.79 Å². The molecular weight excluding hydrogens is 216 g/mol. The van der Waals surface area contributed by atoms with E-state index in [4.69, 9.17) is 10.5 Å². The zero-order valence-corrected chi connectivity index (χ0v) is 9.67. The van der Waals surface area contributed by atoms with Crippen molar-refractivity contribution in [1.29, 1.82) is 0 Å². The van der Waals surface area contributed by atoms with Crippen LogP contribution >= 0.6 is 12.4 Å². The van der Waals surface area contributed by atoms with Crippen molar-refractivity contribution in [1.82, 2.24) is 4.90 Å². The van der Waals surface area contributed by atoms with Crippen molar-refractivity contribution in [3.8, 4) is 0 Å². The maximum Gasteiger partial charge on any atom is 0.410 e. The molecule has 88 valence electrons. The number of ether oxygens (including phenoxy) is 1. The summed E-state index contributed by atoms with van der Waals surface area (Å²) in [6.45, 7) is 6.02. The summed E-state index contributed by atoms with van der Waals surface area (Å²) >= 11 is 0. The normalized spacial score (nSPS) is 16.7. The van der Waals surface area contributed by atoms with Crippen molar-refractivity contribution in [2.24, 2.45) is 11.7 Å². The number of carbonyl (C=O) groups excluding carboxylic acids is 1. The fourth-order valence-corrected chi connectivity index (χ4v) is 1.57. The van der Waals surface area contributed by atoms with E-state index in [0.717, 1.165) is 32.5 Å². The van der Waals surface area contributed by atoms with Crippen LogP contribution in [0.3, 0.4) is 0 Å². The second-order valence-electron chi connectivity index (χ2n) is 3.53. The molecule has 0 saturated carbocycles. The van der Waals surface area contributed by atoms with Gasteiger partial charge in [-0.3, -0.25) is 0 Å². The minimum atomic E-state index is -0.236. The van der Waals surface area contributed by atoms with Gasteiger partial charge in [0.1, 0.15) is 6.61 Å². The lowest BCUT2D eigenvalue weighted by molar-refractivity contribution is 0.0970. The standard InChI is InChI=1S/C10H18N2O2.ClH/c1-2-7-14-10(13)12-5-3-9(8-11)4-6-12;/h2,9H,1,3-8,11H2;1H. The summed E-state index contributed by atoms with van der Waals surface area (Å²) in [5.41, 5.74) is 5.56. The summed E-state index contributed by atoms with van der Waals surface area (Å²) < 4.78 is 4.94. The number of nitrogens with two attached hydrogens (primary N) is 1. The van der Waals surface area contributed by atoms with Gasteiger partial charge in [0.2, 0.25) is 0 Å². The van der Waals surface area contributed by atoms with E-state index < -0.39 is 0 Å². The van der Waals surface area contributed by atoms with E-state index >= 15 is 0 Å². The van der Waals surface area contributed by atoms with Crippen LogP contribution < -0.4 is 5.73 Å². The molecule has 0 aliphatic carbocycles. The maximum absolute atomic E-state index is 11.4. The van der Waals surface area contributed by atoms with Gasteiger partial charge in [0.25, 0.3) is 0 Å². The van der Waals surface area contributed by atoms with E-state index in [-0.39, 0.29) is 25.1 Å². The van der Waals surface area contributed by atoms with Gasteiger partial charge in [0.15, 0.2) is 0 Å². The SMILES string of the molecule is C=CCOC(=O)N1CCC(CN)CC1.Cl. The number of amides is 1. The molecule has 0 atom stereocenters. The van der Waals surface area contributed by atoms with Crippen LogP contribution in [0.25, 0.3) is 0 Å². The zero-order valence-electron chi connectivity index (χ0n) is 8.85. The highest BCUT2D eigenvalue weighted by Crippen LogP contribution is 2.16. The molecule has 0 spiro atoms. The third kappa shape index (κ3) is 4.53. The molecule has 0 bridgehead atoms. The van der Waals surface area contributed by atoms with Gasteiger partial charge in [-0.15, -0.1) is 12.4 Å². The van der Waals surface area contributed by atoms with Crippen LogP contribution in [0.1, 0.15) is 12.8 Å². The Bertz CT molecular complexity index is 204. The first kappa shape index (κ1) is 14.3. The number of halogens is 1.